The van der Waals surface area contributed by atoms with Gasteiger partial charge in [0.25, 0.3) is 5.91 Å². The summed E-state index contributed by atoms with van der Waals surface area (Å²) in [7, 11) is 0. The number of carbonyl (C=O) groups excluding carboxylic acids is 2. The van der Waals surface area contributed by atoms with E-state index in [0.717, 1.165) is 27.5 Å². The first-order chi connectivity index (χ1) is 16.2. The molecule has 0 atom stereocenters. The van der Waals surface area contributed by atoms with Gasteiger partial charge in [0.1, 0.15) is 0 Å². The molecule has 0 aliphatic carbocycles. The number of hydrogen-bond donors (Lipinski definition) is 2. The minimum atomic E-state index is -0.321. The number of hydrogen-bond acceptors (Lipinski definition) is 5. The zero-order valence-corrected chi connectivity index (χ0v) is 18.3. The van der Waals surface area contributed by atoms with Gasteiger partial charge in [-0.2, -0.15) is 0 Å². The van der Waals surface area contributed by atoms with Crippen molar-refractivity contribution in [3.8, 4) is 11.3 Å². The second-order valence-corrected chi connectivity index (χ2v) is 8.29. The third kappa shape index (κ3) is 4.70. The maximum absolute atomic E-state index is 12.6. The summed E-state index contributed by atoms with van der Waals surface area (Å²) in [5.74, 6) is -0.168. The van der Waals surface area contributed by atoms with E-state index in [1.54, 1.807) is 18.2 Å². The number of anilines is 1. The molecule has 0 spiro atoms. The van der Waals surface area contributed by atoms with Crippen LogP contribution in [0.15, 0.2) is 89.0 Å². The molecule has 5 rings (SSSR count). The second kappa shape index (κ2) is 9.13. The van der Waals surface area contributed by atoms with Crippen molar-refractivity contribution < 1.29 is 14.0 Å². The van der Waals surface area contributed by atoms with Crippen LogP contribution in [-0.4, -0.2) is 21.2 Å². The molecule has 164 valence electrons. The Bertz CT molecular complexity index is 1400. The lowest BCUT2D eigenvalue weighted by molar-refractivity contribution is -0.120. The number of benzene rings is 2. The van der Waals surface area contributed by atoms with Crippen molar-refractivity contribution in [3.05, 3.63) is 102 Å². The standard InChI is InChI=1S/C25H20N4O3S/c30-23(13-20-16-33-25-28-21(15-29(20)25)18-7-2-1-3-8-18)26-14-17-6-4-9-19(12-17)27-24(31)22-10-5-11-32-22/h1-12,15-16H,13-14H2,(H,26,30)(H,27,31). The number of fused-ring (bicyclic) bond motifs is 1. The van der Waals surface area contributed by atoms with E-state index in [1.165, 1.54) is 17.6 Å². The summed E-state index contributed by atoms with van der Waals surface area (Å²) in [6, 6.07) is 20.6. The average Bonchev–Trinajstić information content (AvgIpc) is 3.58. The van der Waals surface area contributed by atoms with Crippen molar-refractivity contribution in [1.82, 2.24) is 14.7 Å². The fourth-order valence-corrected chi connectivity index (χ4v) is 4.36. The van der Waals surface area contributed by atoms with E-state index in [1.807, 2.05) is 64.5 Å². The molecule has 0 unspecified atom stereocenters. The van der Waals surface area contributed by atoms with Gasteiger partial charge in [0.15, 0.2) is 10.7 Å². The topological polar surface area (TPSA) is 88.6 Å². The van der Waals surface area contributed by atoms with Crippen LogP contribution in [0.5, 0.6) is 0 Å². The highest BCUT2D eigenvalue weighted by Gasteiger charge is 2.13. The first kappa shape index (κ1) is 20.7. The molecular weight excluding hydrogens is 436 g/mol. The SMILES string of the molecule is O=C(Cc1csc2nc(-c3ccccc3)cn12)NCc1cccc(NC(=O)c2ccco2)c1. The predicted molar refractivity (Wildman–Crippen MR) is 127 cm³/mol. The van der Waals surface area contributed by atoms with Crippen molar-refractivity contribution >= 4 is 33.8 Å². The molecule has 0 aliphatic heterocycles. The number of furan rings is 1. The summed E-state index contributed by atoms with van der Waals surface area (Å²) in [4.78, 5) is 30.3. The Kier molecular flexibility index (Phi) is 5.73. The maximum atomic E-state index is 12.6. The Hall–Kier alpha value is -4.17. The number of rotatable bonds is 7. The fourth-order valence-electron chi connectivity index (χ4n) is 3.49. The highest BCUT2D eigenvalue weighted by molar-refractivity contribution is 7.15. The van der Waals surface area contributed by atoms with E-state index in [0.29, 0.717) is 12.2 Å². The molecular formula is C25H20N4O3S. The minimum Gasteiger partial charge on any atom is -0.459 e. The fraction of sp³-hybridized carbons (Fsp3) is 0.0800. The molecule has 3 heterocycles. The Labute approximate surface area is 193 Å². The highest BCUT2D eigenvalue weighted by atomic mass is 32.1. The summed E-state index contributed by atoms with van der Waals surface area (Å²) in [6.07, 6.45) is 3.67. The van der Waals surface area contributed by atoms with Crippen LogP contribution in [0.4, 0.5) is 5.69 Å². The van der Waals surface area contributed by atoms with E-state index in [9.17, 15) is 9.59 Å². The highest BCUT2D eigenvalue weighted by Crippen LogP contribution is 2.23. The van der Waals surface area contributed by atoms with Gasteiger partial charge in [0.2, 0.25) is 5.91 Å². The van der Waals surface area contributed by atoms with Crippen molar-refractivity contribution in [1.29, 1.82) is 0 Å². The van der Waals surface area contributed by atoms with Crippen LogP contribution >= 0.6 is 11.3 Å². The van der Waals surface area contributed by atoms with E-state index >= 15 is 0 Å². The lowest BCUT2D eigenvalue weighted by atomic mass is 10.2. The van der Waals surface area contributed by atoms with Gasteiger partial charge < -0.3 is 15.1 Å². The Morgan fingerprint density at radius 1 is 1.03 bits per heavy atom. The van der Waals surface area contributed by atoms with E-state index in [-0.39, 0.29) is 24.0 Å². The molecule has 33 heavy (non-hydrogen) atoms. The summed E-state index contributed by atoms with van der Waals surface area (Å²) in [6.45, 7) is 0.357. The molecule has 0 fully saturated rings. The smallest absolute Gasteiger partial charge is 0.291 e. The van der Waals surface area contributed by atoms with Crippen molar-refractivity contribution in [2.24, 2.45) is 0 Å². The minimum absolute atomic E-state index is 0.0883. The van der Waals surface area contributed by atoms with Crippen LogP contribution in [0.25, 0.3) is 16.2 Å². The Balaban J connectivity index is 1.21. The number of nitrogens with one attached hydrogen (secondary N) is 2. The number of aromatic nitrogens is 2. The molecule has 2 aromatic carbocycles. The first-order valence-corrected chi connectivity index (χ1v) is 11.2. The average molecular weight is 457 g/mol. The quantitative estimate of drug-likeness (QED) is 0.369. The molecule has 0 bridgehead atoms. The number of amides is 2. The summed E-state index contributed by atoms with van der Waals surface area (Å²) in [5, 5.41) is 7.70. The molecule has 2 amide bonds. The van der Waals surface area contributed by atoms with Crippen molar-refractivity contribution in [2.45, 2.75) is 13.0 Å². The van der Waals surface area contributed by atoms with Crippen LogP contribution in [0.2, 0.25) is 0 Å². The monoisotopic (exact) mass is 456 g/mol. The third-order valence-electron chi connectivity index (χ3n) is 5.11. The lowest BCUT2D eigenvalue weighted by Crippen LogP contribution is -2.25. The van der Waals surface area contributed by atoms with Gasteiger partial charge in [-0.05, 0) is 29.8 Å². The van der Waals surface area contributed by atoms with E-state index < -0.39 is 0 Å². The van der Waals surface area contributed by atoms with Gasteiger partial charge in [0.05, 0.1) is 18.4 Å². The summed E-state index contributed by atoms with van der Waals surface area (Å²) < 4.78 is 7.08. The predicted octanol–water partition coefficient (Wildman–Crippen LogP) is 4.77. The maximum Gasteiger partial charge on any atom is 0.291 e. The zero-order valence-electron chi connectivity index (χ0n) is 17.5. The van der Waals surface area contributed by atoms with Gasteiger partial charge in [0, 0.05) is 35.1 Å². The van der Waals surface area contributed by atoms with Crippen LogP contribution in [0, 0.1) is 0 Å². The molecule has 8 heteroatoms. The molecule has 0 aliphatic rings. The van der Waals surface area contributed by atoms with Crippen LogP contribution in [0.1, 0.15) is 21.8 Å². The molecule has 0 saturated carbocycles. The van der Waals surface area contributed by atoms with Gasteiger partial charge >= 0.3 is 0 Å². The van der Waals surface area contributed by atoms with Crippen LogP contribution in [-0.2, 0) is 17.8 Å². The third-order valence-corrected chi connectivity index (χ3v) is 6.00. The lowest BCUT2D eigenvalue weighted by Gasteiger charge is -2.08. The number of carbonyl (C=O) groups is 2. The zero-order chi connectivity index (χ0) is 22.6. The van der Waals surface area contributed by atoms with E-state index in [2.05, 4.69) is 15.6 Å². The molecule has 3 aromatic heterocycles. The molecule has 7 nitrogen and oxygen atoms in total. The second-order valence-electron chi connectivity index (χ2n) is 7.46. The van der Waals surface area contributed by atoms with E-state index in [4.69, 9.17) is 4.42 Å². The van der Waals surface area contributed by atoms with Crippen molar-refractivity contribution in [3.63, 3.8) is 0 Å². The Morgan fingerprint density at radius 3 is 2.73 bits per heavy atom. The Morgan fingerprint density at radius 2 is 1.91 bits per heavy atom. The first-order valence-electron chi connectivity index (χ1n) is 10.4. The van der Waals surface area contributed by atoms with Gasteiger partial charge in [-0.15, -0.1) is 11.3 Å². The van der Waals surface area contributed by atoms with Gasteiger partial charge in [-0.25, -0.2) is 4.98 Å². The number of nitrogens with zero attached hydrogens (tertiary/aromatic N) is 2. The number of imidazole rings is 1. The molecule has 0 saturated heterocycles. The van der Waals surface area contributed by atoms with Gasteiger partial charge in [-0.1, -0.05) is 42.5 Å². The molecule has 2 N–H and O–H groups in total. The molecule has 5 aromatic rings. The van der Waals surface area contributed by atoms with Crippen LogP contribution in [0.3, 0.4) is 0 Å². The van der Waals surface area contributed by atoms with Crippen molar-refractivity contribution in [2.75, 3.05) is 5.32 Å². The van der Waals surface area contributed by atoms with Gasteiger partial charge in [-0.3, -0.25) is 14.0 Å². The molecule has 0 radical (unpaired) electrons. The van der Waals surface area contributed by atoms with Crippen LogP contribution < -0.4 is 10.6 Å². The summed E-state index contributed by atoms with van der Waals surface area (Å²) in [5.41, 5.74) is 4.33. The number of thiazole rings is 1. The summed E-state index contributed by atoms with van der Waals surface area (Å²) >= 11 is 1.52. The largest absolute Gasteiger partial charge is 0.459 e. The normalized spacial score (nSPS) is 10.9.